The number of furan rings is 1. The summed E-state index contributed by atoms with van der Waals surface area (Å²) in [6, 6.07) is 65.7. The molecule has 0 amide bonds. The average molecular weight is 694 g/mol. The molecule has 0 bridgehead atoms. The highest BCUT2D eigenvalue weighted by molar-refractivity contribution is 6.18. The van der Waals surface area contributed by atoms with Crippen molar-refractivity contribution in [2.75, 3.05) is 4.90 Å². The minimum atomic E-state index is 0.590. The van der Waals surface area contributed by atoms with Crippen molar-refractivity contribution < 1.29 is 8.83 Å². The van der Waals surface area contributed by atoms with E-state index in [4.69, 9.17) is 13.8 Å². The van der Waals surface area contributed by atoms with Gasteiger partial charge in [-0.25, -0.2) is 4.98 Å². The molecule has 5 heteroatoms. The maximum atomic E-state index is 6.43. The first-order valence-corrected chi connectivity index (χ1v) is 18.1. The summed E-state index contributed by atoms with van der Waals surface area (Å²) in [5, 5.41) is 4.31. The zero-order valence-electron chi connectivity index (χ0n) is 29.1. The lowest BCUT2D eigenvalue weighted by atomic mass is 10.0. The summed E-state index contributed by atoms with van der Waals surface area (Å²) in [6.45, 7) is 0. The molecule has 3 aromatic heterocycles. The van der Waals surface area contributed by atoms with Gasteiger partial charge < -0.3 is 18.3 Å². The molecule has 0 aliphatic rings. The van der Waals surface area contributed by atoms with Crippen molar-refractivity contribution in [1.29, 1.82) is 0 Å². The van der Waals surface area contributed by atoms with Crippen molar-refractivity contribution >= 4 is 71.9 Å². The molecule has 0 aliphatic carbocycles. The second-order valence-electron chi connectivity index (χ2n) is 13.6. The fraction of sp³-hybridized carbons (Fsp3) is 0. The van der Waals surface area contributed by atoms with Gasteiger partial charge in [-0.3, -0.25) is 0 Å². The average Bonchev–Trinajstić information content (AvgIpc) is 3.94. The normalized spacial score (nSPS) is 11.7. The van der Waals surface area contributed by atoms with Crippen LogP contribution in [0.25, 0.3) is 83.1 Å². The smallest absolute Gasteiger partial charge is 0.227 e. The molecule has 0 saturated carbocycles. The van der Waals surface area contributed by atoms with Crippen molar-refractivity contribution in [3.63, 3.8) is 0 Å². The standard InChI is InChI=1S/C49H31N3O2/c1-4-12-32(13-5-1)33-20-22-36(23-21-33)51(37-24-26-43-40(30-37)39-18-10-11-19-42(39)52(43)35-16-8-3-9-17-35)38-25-27-44-41(31-38)47-45(53-44)28-29-46-48(47)50-49(54-46)34-14-6-2-7-15-34/h1-31H. The summed E-state index contributed by atoms with van der Waals surface area (Å²) >= 11 is 0. The van der Waals surface area contributed by atoms with Gasteiger partial charge in [0.25, 0.3) is 0 Å². The maximum Gasteiger partial charge on any atom is 0.227 e. The molecule has 0 atom stereocenters. The fourth-order valence-corrected chi connectivity index (χ4v) is 7.92. The summed E-state index contributed by atoms with van der Waals surface area (Å²) in [5.74, 6) is 0.590. The van der Waals surface area contributed by atoms with Crippen LogP contribution in [-0.4, -0.2) is 9.55 Å². The Kier molecular flexibility index (Phi) is 6.79. The van der Waals surface area contributed by atoms with E-state index in [1.807, 2.05) is 42.5 Å². The summed E-state index contributed by atoms with van der Waals surface area (Å²) in [6.07, 6.45) is 0. The second-order valence-corrected chi connectivity index (χ2v) is 13.6. The predicted octanol–water partition coefficient (Wildman–Crippen LogP) is 13.6. The lowest BCUT2D eigenvalue weighted by molar-refractivity contribution is 0.619. The Morgan fingerprint density at radius 2 is 0.981 bits per heavy atom. The van der Waals surface area contributed by atoms with Gasteiger partial charge in [-0.1, -0.05) is 97.1 Å². The van der Waals surface area contributed by atoms with Gasteiger partial charge in [0.15, 0.2) is 5.58 Å². The van der Waals surface area contributed by atoms with E-state index < -0.39 is 0 Å². The summed E-state index contributed by atoms with van der Waals surface area (Å²) in [4.78, 5) is 7.34. The van der Waals surface area contributed by atoms with Crippen molar-refractivity contribution in [3.05, 3.63) is 188 Å². The second kappa shape index (κ2) is 12.1. The topological polar surface area (TPSA) is 47.3 Å². The largest absolute Gasteiger partial charge is 0.456 e. The first-order valence-electron chi connectivity index (χ1n) is 18.1. The zero-order valence-corrected chi connectivity index (χ0v) is 29.1. The van der Waals surface area contributed by atoms with Crippen LogP contribution in [0.2, 0.25) is 0 Å². The van der Waals surface area contributed by atoms with Crippen LogP contribution in [0.1, 0.15) is 0 Å². The summed E-state index contributed by atoms with van der Waals surface area (Å²) in [7, 11) is 0. The van der Waals surface area contributed by atoms with Crippen molar-refractivity contribution in [2.24, 2.45) is 0 Å². The molecular weight excluding hydrogens is 663 g/mol. The Bertz CT molecular complexity index is 3140. The molecule has 8 aromatic carbocycles. The summed E-state index contributed by atoms with van der Waals surface area (Å²) < 4.78 is 15.1. The molecule has 5 nitrogen and oxygen atoms in total. The van der Waals surface area contributed by atoms with E-state index in [2.05, 4.69) is 155 Å². The molecule has 0 saturated heterocycles. The third-order valence-corrected chi connectivity index (χ3v) is 10.4. The van der Waals surface area contributed by atoms with E-state index in [0.717, 1.165) is 66.9 Å². The minimum Gasteiger partial charge on any atom is -0.456 e. The van der Waals surface area contributed by atoms with E-state index in [1.54, 1.807) is 0 Å². The van der Waals surface area contributed by atoms with Gasteiger partial charge in [0.1, 0.15) is 16.7 Å². The number of rotatable bonds is 6. The van der Waals surface area contributed by atoms with E-state index in [9.17, 15) is 0 Å². The monoisotopic (exact) mass is 693 g/mol. The van der Waals surface area contributed by atoms with Crippen molar-refractivity contribution in [2.45, 2.75) is 0 Å². The van der Waals surface area contributed by atoms with Crippen LogP contribution in [0.3, 0.4) is 0 Å². The Hall–Kier alpha value is -7.37. The lowest BCUT2D eigenvalue weighted by Gasteiger charge is -2.26. The molecular formula is C49H31N3O2. The van der Waals surface area contributed by atoms with Crippen molar-refractivity contribution in [3.8, 4) is 28.3 Å². The quantitative estimate of drug-likeness (QED) is 0.174. The minimum absolute atomic E-state index is 0.590. The van der Waals surface area contributed by atoms with Crippen LogP contribution < -0.4 is 4.90 Å². The van der Waals surface area contributed by atoms with Crippen molar-refractivity contribution in [1.82, 2.24) is 9.55 Å². The van der Waals surface area contributed by atoms with Gasteiger partial charge in [-0.15, -0.1) is 0 Å². The van der Waals surface area contributed by atoms with Gasteiger partial charge in [0.2, 0.25) is 5.89 Å². The van der Waals surface area contributed by atoms with E-state index in [1.165, 1.54) is 27.4 Å². The number of nitrogens with zero attached hydrogens (tertiary/aromatic N) is 3. The van der Waals surface area contributed by atoms with Crippen LogP contribution in [-0.2, 0) is 0 Å². The number of fused-ring (bicyclic) bond motifs is 8. The SMILES string of the molecule is c1ccc(-c2ccc(N(c3ccc4oc5ccc6oc(-c7ccccc7)nc6c5c4c3)c3ccc4c(c3)c3ccccc3n4-c3ccccc3)cc2)cc1. The molecule has 0 unspecified atom stereocenters. The zero-order chi connectivity index (χ0) is 35.6. The lowest BCUT2D eigenvalue weighted by Crippen LogP contribution is -2.09. The Morgan fingerprint density at radius 3 is 1.76 bits per heavy atom. The molecule has 254 valence electrons. The van der Waals surface area contributed by atoms with Crippen LogP contribution in [0, 0.1) is 0 Å². The Morgan fingerprint density at radius 1 is 0.407 bits per heavy atom. The number of hydrogen-bond acceptors (Lipinski definition) is 4. The third kappa shape index (κ3) is 4.83. The molecule has 0 N–H and O–H groups in total. The third-order valence-electron chi connectivity index (χ3n) is 10.4. The highest BCUT2D eigenvalue weighted by atomic mass is 16.4. The predicted molar refractivity (Wildman–Crippen MR) is 221 cm³/mol. The molecule has 0 fully saturated rings. The molecule has 0 spiro atoms. The maximum absolute atomic E-state index is 6.43. The van der Waals surface area contributed by atoms with Crippen LogP contribution in [0.5, 0.6) is 0 Å². The highest BCUT2D eigenvalue weighted by Gasteiger charge is 2.21. The number of aromatic nitrogens is 2. The van der Waals surface area contributed by atoms with E-state index in [-0.39, 0.29) is 0 Å². The van der Waals surface area contributed by atoms with Gasteiger partial charge >= 0.3 is 0 Å². The Labute approximate surface area is 310 Å². The summed E-state index contributed by atoms with van der Waals surface area (Å²) in [5.41, 5.74) is 12.9. The van der Waals surface area contributed by atoms with Gasteiger partial charge in [0.05, 0.1) is 16.4 Å². The molecule has 54 heavy (non-hydrogen) atoms. The Balaban J connectivity index is 1.13. The number of para-hydroxylation sites is 2. The molecule has 0 aliphatic heterocycles. The molecule has 3 heterocycles. The molecule has 11 rings (SSSR count). The van der Waals surface area contributed by atoms with Gasteiger partial charge in [-0.2, -0.15) is 0 Å². The van der Waals surface area contributed by atoms with Gasteiger partial charge in [0, 0.05) is 44.5 Å². The van der Waals surface area contributed by atoms with Gasteiger partial charge in [-0.05, 0) is 102 Å². The first kappa shape index (κ1) is 30.3. The van der Waals surface area contributed by atoms with E-state index >= 15 is 0 Å². The number of anilines is 3. The molecule has 11 aromatic rings. The van der Waals surface area contributed by atoms with E-state index in [0.29, 0.717) is 5.89 Å². The number of oxazole rings is 1. The highest BCUT2D eigenvalue weighted by Crippen LogP contribution is 2.43. The number of hydrogen-bond donors (Lipinski definition) is 0. The fourth-order valence-electron chi connectivity index (χ4n) is 7.92. The van der Waals surface area contributed by atoms with Crippen LogP contribution >= 0.6 is 0 Å². The molecule has 0 radical (unpaired) electrons. The van der Waals surface area contributed by atoms with Crippen LogP contribution in [0.4, 0.5) is 17.1 Å². The number of benzene rings is 8. The van der Waals surface area contributed by atoms with Crippen LogP contribution in [0.15, 0.2) is 197 Å². The first-order chi connectivity index (χ1) is 26.8.